The number of carbonyl (C=O) groups excluding carboxylic acids is 1. The molecule has 1 heterocycles. The van der Waals surface area contributed by atoms with Gasteiger partial charge in [0.25, 0.3) is 5.91 Å². The van der Waals surface area contributed by atoms with E-state index in [-0.39, 0.29) is 5.91 Å². The van der Waals surface area contributed by atoms with Crippen LogP contribution in [0.2, 0.25) is 5.02 Å². The molecular weight excluding hydrogens is 410 g/mol. The van der Waals surface area contributed by atoms with Crippen LogP contribution in [-0.2, 0) is 13.1 Å². The highest BCUT2D eigenvalue weighted by atomic mass is 35.5. The Kier molecular flexibility index (Phi) is 6.23. The molecule has 4 aromatic rings. The Labute approximate surface area is 186 Å². The smallest absolute Gasteiger partial charge is 0.251 e. The summed E-state index contributed by atoms with van der Waals surface area (Å²) in [4.78, 5) is 17.2. The number of nitrogens with zero attached hydrogens (tertiary/aromatic N) is 2. The number of benzene rings is 3. The van der Waals surface area contributed by atoms with E-state index >= 15 is 0 Å². The van der Waals surface area contributed by atoms with Gasteiger partial charge in [0.15, 0.2) is 0 Å². The first-order valence-electron chi connectivity index (χ1n) is 10.2. The Bertz CT molecular complexity index is 1210. The molecule has 0 bridgehead atoms. The molecule has 0 aliphatic rings. The van der Waals surface area contributed by atoms with E-state index in [2.05, 4.69) is 29.8 Å². The summed E-state index contributed by atoms with van der Waals surface area (Å²) in [5.41, 5.74) is 4.77. The van der Waals surface area contributed by atoms with Crippen molar-refractivity contribution < 1.29 is 9.53 Å². The van der Waals surface area contributed by atoms with E-state index in [1.807, 2.05) is 36.4 Å². The van der Waals surface area contributed by atoms with Crippen LogP contribution in [0, 0.1) is 13.8 Å². The van der Waals surface area contributed by atoms with Crippen molar-refractivity contribution in [3.05, 3.63) is 94.3 Å². The van der Waals surface area contributed by atoms with Crippen LogP contribution < -0.4 is 10.1 Å². The lowest BCUT2D eigenvalue weighted by molar-refractivity contribution is 0.0949. The summed E-state index contributed by atoms with van der Waals surface area (Å²) in [5.74, 6) is 1.45. The van der Waals surface area contributed by atoms with Gasteiger partial charge in [-0.2, -0.15) is 0 Å². The number of nitrogens with one attached hydrogen (secondary N) is 1. The van der Waals surface area contributed by atoms with Crippen molar-refractivity contribution in [2.75, 3.05) is 6.61 Å². The van der Waals surface area contributed by atoms with Gasteiger partial charge in [-0.1, -0.05) is 35.9 Å². The fraction of sp³-hybridized carbons (Fsp3) is 0.200. The molecular formula is C25H24ClN3O2. The number of aromatic nitrogens is 2. The Hall–Kier alpha value is -3.31. The number of hydrogen-bond acceptors (Lipinski definition) is 3. The molecule has 4 rings (SSSR count). The fourth-order valence-electron chi connectivity index (χ4n) is 3.67. The van der Waals surface area contributed by atoms with Gasteiger partial charge in [-0.25, -0.2) is 4.98 Å². The molecule has 1 N–H and O–H groups in total. The molecule has 0 spiro atoms. The second-order valence-electron chi connectivity index (χ2n) is 7.53. The van der Waals surface area contributed by atoms with Gasteiger partial charge in [0.05, 0.1) is 24.1 Å². The third kappa shape index (κ3) is 5.06. The standard InChI is InChI=1S/C25H24ClN3O2/c1-17-12-18(2)14-21(13-17)31-11-10-29-23-9-4-3-8-22(23)28-24(29)16-27-25(30)19-6-5-7-20(26)15-19/h3-9,12-15H,10-11,16H2,1-2H3,(H,27,30). The highest BCUT2D eigenvalue weighted by molar-refractivity contribution is 6.30. The third-order valence-electron chi connectivity index (χ3n) is 5.01. The van der Waals surface area contributed by atoms with Crippen molar-refractivity contribution in [2.45, 2.75) is 26.9 Å². The highest BCUT2D eigenvalue weighted by Gasteiger charge is 2.13. The van der Waals surface area contributed by atoms with Crippen molar-refractivity contribution in [1.29, 1.82) is 0 Å². The van der Waals surface area contributed by atoms with Gasteiger partial charge in [0.2, 0.25) is 0 Å². The van der Waals surface area contributed by atoms with E-state index < -0.39 is 0 Å². The zero-order chi connectivity index (χ0) is 21.8. The van der Waals surface area contributed by atoms with Crippen molar-refractivity contribution in [2.24, 2.45) is 0 Å². The maximum absolute atomic E-state index is 12.5. The fourth-order valence-corrected chi connectivity index (χ4v) is 3.86. The van der Waals surface area contributed by atoms with Crippen LogP contribution in [0.1, 0.15) is 27.3 Å². The van der Waals surface area contributed by atoms with Crippen LogP contribution >= 0.6 is 11.6 Å². The SMILES string of the molecule is Cc1cc(C)cc(OCCn2c(CNC(=O)c3cccc(Cl)c3)nc3ccccc32)c1. The molecule has 0 aliphatic carbocycles. The molecule has 1 aromatic heterocycles. The van der Waals surface area contributed by atoms with Gasteiger partial charge in [0, 0.05) is 10.6 Å². The van der Waals surface area contributed by atoms with Gasteiger partial charge in [-0.15, -0.1) is 0 Å². The van der Waals surface area contributed by atoms with Gasteiger partial charge in [0.1, 0.15) is 18.2 Å². The topological polar surface area (TPSA) is 56.1 Å². The van der Waals surface area contributed by atoms with E-state index in [9.17, 15) is 4.79 Å². The number of halogens is 1. The summed E-state index contributed by atoms with van der Waals surface area (Å²) in [6.07, 6.45) is 0. The first-order chi connectivity index (χ1) is 15.0. The molecule has 31 heavy (non-hydrogen) atoms. The van der Waals surface area contributed by atoms with Crippen LogP contribution in [0.5, 0.6) is 5.75 Å². The first-order valence-corrected chi connectivity index (χ1v) is 10.6. The Morgan fingerprint density at radius 2 is 1.81 bits per heavy atom. The number of imidazole rings is 1. The number of carbonyl (C=O) groups is 1. The summed E-state index contributed by atoms with van der Waals surface area (Å²) in [6, 6.07) is 21.0. The normalized spacial score (nSPS) is 10.9. The second kappa shape index (κ2) is 9.23. The van der Waals surface area contributed by atoms with E-state index in [1.54, 1.807) is 24.3 Å². The second-order valence-corrected chi connectivity index (χ2v) is 7.97. The number of hydrogen-bond donors (Lipinski definition) is 1. The van der Waals surface area contributed by atoms with Crippen molar-refractivity contribution in [3.63, 3.8) is 0 Å². The summed E-state index contributed by atoms with van der Waals surface area (Å²) < 4.78 is 8.10. The first kappa shape index (κ1) is 20.9. The van der Waals surface area contributed by atoms with Gasteiger partial charge in [-0.05, 0) is 67.4 Å². The molecule has 0 fully saturated rings. The predicted octanol–water partition coefficient (Wildman–Crippen LogP) is 5.32. The van der Waals surface area contributed by atoms with Gasteiger partial charge >= 0.3 is 0 Å². The molecule has 0 atom stereocenters. The third-order valence-corrected chi connectivity index (χ3v) is 5.24. The monoisotopic (exact) mass is 433 g/mol. The average Bonchev–Trinajstić information content (AvgIpc) is 3.09. The number of fused-ring (bicyclic) bond motifs is 1. The van der Waals surface area contributed by atoms with Crippen LogP contribution in [0.3, 0.4) is 0 Å². The van der Waals surface area contributed by atoms with E-state index in [0.29, 0.717) is 30.3 Å². The number of ether oxygens (including phenoxy) is 1. The largest absolute Gasteiger partial charge is 0.492 e. The molecule has 6 heteroatoms. The number of para-hydroxylation sites is 2. The Balaban J connectivity index is 1.49. The molecule has 1 amide bonds. The Morgan fingerprint density at radius 3 is 2.58 bits per heavy atom. The van der Waals surface area contributed by atoms with E-state index in [4.69, 9.17) is 21.3 Å². The van der Waals surface area contributed by atoms with Crippen LogP contribution in [0.15, 0.2) is 66.7 Å². The minimum Gasteiger partial charge on any atom is -0.492 e. The molecule has 0 unspecified atom stereocenters. The summed E-state index contributed by atoms with van der Waals surface area (Å²) in [7, 11) is 0. The lowest BCUT2D eigenvalue weighted by Crippen LogP contribution is -2.25. The molecule has 3 aromatic carbocycles. The zero-order valence-electron chi connectivity index (χ0n) is 17.6. The van der Waals surface area contributed by atoms with Crippen LogP contribution in [0.25, 0.3) is 11.0 Å². The molecule has 0 aliphatic heterocycles. The molecule has 158 valence electrons. The van der Waals surface area contributed by atoms with Crippen molar-refractivity contribution in [1.82, 2.24) is 14.9 Å². The lowest BCUT2D eigenvalue weighted by Gasteiger charge is -2.12. The minimum absolute atomic E-state index is 0.187. The maximum Gasteiger partial charge on any atom is 0.251 e. The van der Waals surface area contributed by atoms with Crippen molar-refractivity contribution in [3.8, 4) is 5.75 Å². The van der Waals surface area contributed by atoms with E-state index in [0.717, 1.165) is 22.6 Å². The molecule has 0 saturated carbocycles. The summed E-state index contributed by atoms with van der Waals surface area (Å²) >= 11 is 6.00. The van der Waals surface area contributed by atoms with E-state index in [1.165, 1.54) is 11.1 Å². The molecule has 5 nitrogen and oxygen atoms in total. The van der Waals surface area contributed by atoms with Crippen LogP contribution in [0.4, 0.5) is 0 Å². The maximum atomic E-state index is 12.5. The van der Waals surface area contributed by atoms with Gasteiger partial charge in [-0.3, -0.25) is 4.79 Å². The predicted molar refractivity (Wildman–Crippen MR) is 124 cm³/mol. The van der Waals surface area contributed by atoms with Crippen LogP contribution in [-0.4, -0.2) is 22.1 Å². The average molecular weight is 434 g/mol. The summed E-state index contributed by atoms with van der Waals surface area (Å²) in [5, 5.41) is 3.48. The van der Waals surface area contributed by atoms with Crippen molar-refractivity contribution >= 4 is 28.5 Å². The quantitative estimate of drug-likeness (QED) is 0.429. The highest BCUT2D eigenvalue weighted by Crippen LogP contribution is 2.19. The minimum atomic E-state index is -0.187. The number of aryl methyl sites for hydroxylation is 2. The Morgan fingerprint density at radius 1 is 1.03 bits per heavy atom. The lowest BCUT2D eigenvalue weighted by atomic mass is 10.1. The number of amides is 1. The molecule has 0 radical (unpaired) electrons. The van der Waals surface area contributed by atoms with Gasteiger partial charge < -0.3 is 14.6 Å². The summed E-state index contributed by atoms with van der Waals surface area (Å²) in [6.45, 7) is 5.55. The zero-order valence-corrected chi connectivity index (χ0v) is 18.3. The number of rotatable bonds is 7. The molecule has 0 saturated heterocycles.